The average Bonchev–Trinajstić information content (AvgIpc) is 3.24. The number of aliphatic hydroxyl groups excluding tert-OH is 1. The van der Waals surface area contributed by atoms with Crippen LogP contribution in [0.25, 0.3) is 0 Å². The van der Waals surface area contributed by atoms with Crippen LogP contribution >= 0.6 is 0 Å². The van der Waals surface area contributed by atoms with Crippen LogP contribution in [0.3, 0.4) is 0 Å². The third-order valence-electron chi connectivity index (χ3n) is 11.3. The number of nitrogens with zero attached hydrogens (tertiary/aromatic N) is 1. The summed E-state index contributed by atoms with van der Waals surface area (Å²) < 4.78 is 15.9. The van der Waals surface area contributed by atoms with Gasteiger partial charge in [0.25, 0.3) is 5.69 Å². The molecule has 0 bridgehead atoms. The molecule has 4 fully saturated rings. The Morgan fingerprint density at radius 2 is 1.79 bits per heavy atom. The predicted molar refractivity (Wildman–Crippen MR) is 147 cm³/mol. The molecule has 9 atom stereocenters. The standard InChI is InChI=1S/C31H35NO10/c1-29-13-11-21(42-28(36)41-20-7-5-19(6-8-20)32(38)39)15-18(29)4-9-23-25(29)26(34)27(35)30(2)22(12-14-31(23,30)37)17-3-10-24(33)40-16-17/h3,5-8,10,16,18,21-23,25-26,34,37H,4,9,11-15H2,1-2H3/t18-,21+,22-,23-,25-,26+,29+,30+,31+/m1/s1. The number of non-ortho nitro benzene ring substituents is 1. The lowest BCUT2D eigenvalue weighted by Gasteiger charge is -2.64. The maximum Gasteiger partial charge on any atom is 0.514 e. The highest BCUT2D eigenvalue weighted by atomic mass is 16.7. The van der Waals surface area contributed by atoms with Gasteiger partial charge in [-0.3, -0.25) is 14.9 Å². The fraction of sp³-hybridized carbons (Fsp3) is 0.581. The lowest BCUT2D eigenvalue weighted by atomic mass is 9.42. The largest absolute Gasteiger partial charge is 0.514 e. The van der Waals surface area contributed by atoms with Gasteiger partial charge < -0.3 is 24.1 Å². The van der Waals surface area contributed by atoms with Crippen LogP contribution < -0.4 is 10.4 Å². The van der Waals surface area contributed by atoms with Crippen molar-refractivity contribution in [1.29, 1.82) is 0 Å². The Morgan fingerprint density at radius 3 is 2.45 bits per heavy atom. The van der Waals surface area contributed by atoms with Crippen LogP contribution in [0.4, 0.5) is 10.5 Å². The average molecular weight is 582 g/mol. The second-order valence-corrected chi connectivity index (χ2v) is 12.9. The SMILES string of the molecule is C[C@]12CC[C@H](OC(=O)Oc3ccc([N+](=O)[O-])cc3)C[C@H]1CC[C@@H]1[C@@H]2[C@H](O)C(=O)[C@]2(C)[C@@H](c3ccc(=O)oc3)CC[C@]12O. The van der Waals surface area contributed by atoms with E-state index in [1.54, 1.807) is 13.0 Å². The van der Waals surface area contributed by atoms with Crippen molar-refractivity contribution in [3.63, 3.8) is 0 Å². The van der Waals surface area contributed by atoms with Gasteiger partial charge in [-0.25, -0.2) is 9.59 Å². The van der Waals surface area contributed by atoms with E-state index in [0.29, 0.717) is 44.1 Å². The number of Topliss-reactive ketones (excluding diaryl/α,β-unsaturated/α-hetero) is 1. The van der Waals surface area contributed by atoms with Gasteiger partial charge in [-0.2, -0.15) is 0 Å². The number of nitro benzene ring substituents is 1. The second-order valence-electron chi connectivity index (χ2n) is 12.9. The molecule has 4 aliphatic rings. The summed E-state index contributed by atoms with van der Waals surface area (Å²) in [4.78, 5) is 48.4. The topological polar surface area (TPSA) is 166 Å². The molecule has 0 amide bonds. The van der Waals surface area contributed by atoms with Crippen LogP contribution in [-0.2, 0) is 9.53 Å². The molecule has 0 unspecified atom stereocenters. The van der Waals surface area contributed by atoms with E-state index in [2.05, 4.69) is 6.92 Å². The quantitative estimate of drug-likeness (QED) is 0.227. The summed E-state index contributed by atoms with van der Waals surface area (Å²) in [6.07, 6.45) is 2.76. The first kappa shape index (κ1) is 28.5. The maximum atomic E-state index is 14.1. The Labute approximate surface area is 242 Å². The van der Waals surface area contributed by atoms with Gasteiger partial charge in [0.15, 0.2) is 5.78 Å². The van der Waals surface area contributed by atoms with E-state index in [9.17, 15) is 34.7 Å². The number of ether oxygens (including phenoxy) is 2. The van der Waals surface area contributed by atoms with Crippen LogP contribution in [0.1, 0.15) is 70.3 Å². The Kier molecular flexibility index (Phi) is 6.81. The van der Waals surface area contributed by atoms with Crippen molar-refractivity contribution in [2.24, 2.45) is 28.6 Å². The summed E-state index contributed by atoms with van der Waals surface area (Å²) in [5.74, 6) is -1.29. The van der Waals surface area contributed by atoms with Crippen LogP contribution in [-0.4, -0.2) is 44.9 Å². The van der Waals surface area contributed by atoms with E-state index in [-0.39, 0.29) is 35.0 Å². The minimum absolute atomic E-state index is 0.0562. The van der Waals surface area contributed by atoms with Crippen molar-refractivity contribution in [3.05, 3.63) is 68.8 Å². The van der Waals surface area contributed by atoms with E-state index in [1.807, 2.05) is 0 Å². The zero-order valence-electron chi connectivity index (χ0n) is 23.6. The third kappa shape index (κ3) is 4.19. The fourth-order valence-electron chi connectivity index (χ4n) is 9.11. The summed E-state index contributed by atoms with van der Waals surface area (Å²) in [5.41, 5.74) is -2.92. The minimum Gasteiger partial charge on any atom is -0.431 e. The zero-order valence-corrected chi connectivity index (χ0v) is 23.6. The molecule has 11 nitrogen and oxygen atoms in total. The number of carbonyl (C=O) groups excluding carboxylic acids is 2. The van der Waals surface area contributed by atoms with Gasteiger partial charge in [0.2, 0.25) is 0 Å². The number of ketones is 1. The predicted octanol–water partition coefficient (Wildman–Crippen LogP) is 4.52. The van der Waals surface area contributed by atoms with E-state index < -0.39 is 51.3 Å². The van der Waals surface area contributed by atoms with Crippen LogP contribution in [0.2, 0.25) is 0 Å². The highest BCUT2D eigenvalue weighted by Crippen LogP contribution is 2.69. The molecule has 2 N–H and O–H groups in total. The van der Waals surface area contributed by atoms with Gasteiger partial charge in [-0.05, 0) is 92.9 Å². The number of fused-ring (bicyclic) bond motifs is 5. The molecule has 6 rings (SSSR count). The molecule has 11 heteroatoms. The Bertz CT molecular complexity index is 1450. The summed E-state index contributed by atoms with van der Waals surface area (Å²) >= 11 is 0. The van der Waals surface area contributed by atoms with Crippen molar-refractivity contribution in [1.82, 2.24) is 0 Å². The number of benzene rings is 1. The van der Waals surface area contributed by atoms with Crippen molar-refractivity contribution in [2.75, 3.05) is 0 Å². The molecular weight excluding hydrogens is 546 g/mol. The number of hydrogen-bond acceptors (Lipinski definition) is 10. The van der Waals surface area contributed by atoms with Gasteiger partial charge in [-0.15, -0.1) is 0 Å². The number of carbonyl (C=O) groups is 2. The molecule has 4 saturated carbocycles. The first-order chi connectivity index (χ1) is 19.9. The first-order valence-electron chi connectivity index (χ1n) is 14.5. The highest BCUT2D eigenvalue weighted by molar-refractivity contribution is 5.93. The summed E-state index contributed by atoms with van der Waals surface area (Å²) in [6, 6.07) is 8.11. The van der Waals surface area contributed by atoms with Crippen molar-refractivity contribution < 1.29 is 38.6 Å². The second kappa shape index (κ2) is 10.0. The molecule has 0 spiro atoms. The summed E-state index contributed by atoms with van der Waals surface area (Å²) in [7, 11) is 0. The van der Waals surface area contributed by atoms with E-state index in [4.69, 9.17) is 13.9 Å². The van der Waals surface area contributed by atoms with Crippen molar-refractivity contribution >= 4 is 17.6 Å². The molecule has 0 radical (unpaired) electrons. The minimum atomic E-state index is -1.31. The van der Waals surface area contributed by atoms with Gasteiger partial charge in [0.05, 0.1) is 22.2 Å². The Morgan fingerprint density at radius 1 is 1.05 bits per heavy atom. The van der Waals surface area contributed by atoms with Crippen molar-refractivity contribution in [2.45, 2.75) is 82.5 Å². The molecule has 42 heavy (non-hydrogen) atoms. The van der Waals surface area contributed by atoms with E-state index in [1.165, 1.54) is 36.6 Å². The van der Waals surface area contributed by atoms with Crippen molar-refractivity contribution in [3.8, 4) is 5.75 Å². The number of hydrogen-bond donors (Lipinski definition) is 2. The van der Waals surface area contributed by atoms with Gasteiger partial charge in [0.1, 0.15) is 18.0 Å². The van der Waals surface area contributed by atoms with Crippen LogP contribution in [0.15, 0.2) is 51.9 Å². The Hall–Kier alpha value is -3.57. The van der Waals surface area contributed by atoms with Gasteiger partial charge in [0, 0.05) is 30.0 Å². The molecule has 1 aromatic carbocycles. The Balaban J connectivity index is 1.18. The smallest absolute Gasteiger partial charge is 0.431 e. The normalized spacial score (nSPS) is 39.0. The number of nitro groups is 1. The molecule has 0 saturated heterocycles. The molecule has 224 valence electrons. The zero-order chi connectivity index (χ0) is 30.0. The number of aliphatic hydroxyl groups is 2. The van der Waals surface area contributed by atoms with Crippen LogP contribution in [0, 0.1) is 38.7 Å². The van der Waals surface area contributed by atoms with Crippen LogP contribution in [0.5, 0.6) is 5.75 Å². The summed E-state index contributed by atoms with van der Waals surface area (Å²) in [5, 5.41) is 34.9. The highest BCUT2D eigenvalue weighted by Gasteiger charge is 2.73. The number of rotatable bonds is 4. The van der Waals surface area contributed by atoms with Gasteiger partial charge >= 0.3 is 11.8 Å². The maximum absolute atomic E-state index is 14.1. The molecule has 0 aliphatic heterocycles. The molecular formula is C31H35NO10. The van der Waals surface area contributed by atoms with E-state index in [0.717, 1.165) is 6.42 Å². The molecule has 4 aliphatic carbocycles. The summed E-state index contributed by atoms with van der Waals surface area (Å²) in [6.45, 7) is 3.84. The molecule has 1 aromatic heterocycles. The molecule has 1 heterocycles. The third-order valence-corrected chi connectivity index (χ3v) is 11.3. The molecule has 2 aromatic rings. The monoisotopic (exact) mass is 581 g/mol. The van der Waals surface area contributed by atoms with E-state index >= 15 is 0 Å². The lowest BCUT2D eigenvalue weighted by Crippen LogP contribution is -2.70. The first-order valence-corrected chi connectivity index (χ1v) is 14.5. The van der Waals surface area contributed by atoms with Gasteiger partial charge in [-0.1, -0.05) is 6.92 Å². The lowest BCUT2D eigenvalue weighted by molar-refractivity contribution is -0.384. The fourth-order valence-corrected chi connectivity index (χ4v) is 9.11.